The fraction of sp³-hybridized carbons (Fsp3) is 0.917. The highest BCUT2D eigenvalue weighted by atomic mass is 16.5. The van der Waals surface area contributed by atoms with Crippen LogP contribution < -0.4 is 0 Å². The second-order valence-electron chi connectivity index (χ2n) is 4.44. The van der Waals surface area contributed by atoms with Crippen molar-refractivity contribution in [1.29, 1.82) is 0 Å². The lowest BCUT2D eigenvalue weighted by molar-refractivity contribution is -0.137. The maximum atomic E-state index is 12.2. The number of rotatable bonds is 3. The highest BCUT2D eigenvalue weighted by molar-refractivity contribution is 5.80. The molecule has 0 saturated carbocycles. The van der Waals surface area contributed by atoms with E-state index in [4.69, 9.17) is 4.74 Å². The van der Waals surface area contributed by atoms with Crippen LogP contribution >= 0.6 is 0 Å². The molecule has 4 unspecified atom stereocenters. The molecule has 3 nitrogen and oxygen atoms in total. The largest absolute Gasteiger partial charge is 0.374 e. The smallest absolute Gasteiger partial charge is 0.228 e. The van der Waals surface area contributed by atoms with Crippen LogP contribution in [0.15, 0.2) is 0 Å². The molecule has 4 atom stereocenters. The highest BCUT2D eigenvalue weighted by Gasteiger charge is 2.42. The minimum absolute atomic E-state index is 0.0416. The molecule has 0 spiro atoms. The van der Waals surface area contributed by atoms with Gasteiger partial charge in [0.2, 0.25) is 5.91 Å². The Bertz CT molecular complexity index is 226. The molecular formula is C12H23NO2. The van der Waals surface area contributed by atoms with E-state index in [-0.39, 0.29) is 24.0 Å². The molecule has 1 saturated heterocycles. The SMILES string of the molecule is CCN(CC)C(=O)C1C(C)OC(C)C1C. The molecule has 0 aliphatic carbocycles. The lowest BCUT2D eigenvalue weighted by Crippen LogP contribution is -2.40. The fourth-order valence-corrected chi connectivity index (χ4v) is 2.44. The maximum Gasteiger partial charge on any atom is 0.228 e. The zero-order valence-corrected chi connectivity index (χ0v) is 10.5. The molecule has 0 aromatic carbocycles. The number of ether oxygens (including phenoxy) is 1. The van der Waals surface area contributed by atoms with Crippen molar-refractivity contribution in [3.8, 4) is 0 Å². The standard InChI is InChI=1S/C12H23NO2/c1-6-13(7-2)12(14)11-8(3)9(4)15-10(11)5/h8-11H,6-7H2,1-5H3. The summed E-state index contributed by atoms with van der Waals surface area (Å²) < 4.78 is 5.70. The van der Waals surface area contributed by atoms with E-state index >= 15 is 0 Å². The third-order valence-electron chi connectivity index (χ3n) is 3.60. The van der Waals surface area contributed by atoms with Crippen molar-refractivity contribution in [2.75, 3.05) is 13.1 Å². The Kier molecular flexibility index (Phi) is 4.14. The summed E-state index contributed by atoms with van der Waals surface area (Å²) in [5.41, 5.74) is 0. The van der Waals surface area contributed by atoms with E-state index in [9.17, 15) is 4.79 Å². The Morgan fingerprint density at radius 1 is 1.13 bits per heavy atom. The van der Waals surface area contributed by atoms with Gasteiger partial charge in [-0.05, 0) is 33.6 Å². The second-order valence-corrected chi connectivity index (χ2v) is 4.44. The van der Waals surface area contributed by atoms with Gasteiger partial charge in [-0.15, -0.1) is 0 Å². The average molecular weight is 213 g/mol. The summed E-state index contributed by atoms with van der Waals surface area (Å²) in [6, 6.07) is 0. The summed E-state index contributed by atoms with van der Waals surface area (Å²) in [6.45, 7) is 11.8. The van der Waals surface area contributed by atoms with Crippen LogP contribution in [0.2, 0.25) is 0 Å². The second kappa shape index (κ2) is 4.97. The van der Waals surface area contributed by atoms with Gasteiger partial charge in [0.1, 0.15) is 0 Å². The molecule has 0 radical (unpaired) electrons. The summed E-state index contributed by atoms with van der Waals surface area (Å²) in [5.74, 6) is 0.623. The molecule has 15 heavy (non-hydrogen) atoms. The van der Waals surface area contributed by atoms with Crippen LogP contribution in [0.1, 0.15) is 34.6 Å². The van der Waals surface area contributed by atoms with Gasteiger partial charge in [-0.1, -0.05) is 6.92 Å². The number of hydrogen-bond acceptors (Lipinski definition) is 2. The van der Waals surface area contributed by atoms with Gasteiger partial charge in [-0.2, -0.15) is 0 Å². The van der Waals surface area contributed by atoms with E-state index in [1.54, 1.807) is 0 Å². The molecule has 3 heteroatoms. The van der Waals surface area contributed by atoms with E-state index in [1.807, 2.05) is 25.7 Å². The number of amides is 1. The van der Waals surface area contributed by atoms with Crippen LogP contribution in [0.3, 0.4) is 0 Å². The molecule has 1 rings (SSSR count). The number of carbonyl (C=O) groups is 1. The quantitative estimate of drug-likeness (QED) is 0.716. The molecule has 0 aromatic heterocycles. The van der Waals surface area contributed by atoms with Crippen molar-refractivity contribution in [2.24, 2.45) is 11.8 Å². The van der Waals surface area contributed by atoms with E-state index in [1.165, 1.54) is 0 Å². The number of nitrogens with zero attached hydrogens (tertiary/aromatic N) is 1. The number of carbonyl (C=O) groups excluding carboxylic acids is 1. The molecule has 1 aliphatic rings. The first kappa shape index (κ1) is 12.5. The van der Waals surface area contributed by atoms with Crippen LogP contribution in [0.5, 0.6) is 0 Å². The molecule has 1 fully saturated rings. The molecule has 88 valence electrons. The van der Waals surface area contributed by atoms with Crippen LogP contribution in [0, 0.1) is 11.8 Å². The zero-order chi connectivity index (χ0) is 11.6. The molecule has 0 aromatic rings. The predicted molar refractivity (Wildman–Crippen MR) is 60.6 cm³/mol. The summed E-state index contributed by atoms with van der Waals surface area (Å²) in [6.07, 6.45) is 0.257. The van der Waals surface area contributed by atoms with E-state index < -0.39 is 0 Å². The van der Waals surface area contributed by atoms with Gasteiger partial charge in [0.25, 0.3) is 0 Å². The Morgan fingerprint density at radius 3 is 2.00 bits per heavy atom. The Balaban J connectivity index is 2.74. The van der Waals surface area contributed by atoms with Gasteiger partial charge in [0.15, 0.2) is 0 Å². The van der Waals surface area contributed by atoms with Crippen molar-refractivity contribution < 1.29 is 9.53 Å². The maximum absolute atomic E-state index is 12.2. The monoisotopic (exact) mass is 213 g/mol. The highest BCUT2D eigenvalue weighted by Crippen LogP contribution is 2.33. The molecular weight excluding hydrogens is 190 g/mol. The summed E-state index contributed by atoms with van der Waals surface area (Å²) in [7, 11) is 0. The number of hydrogen-bond donors (Lipinski definition) is 0. The van der Waals surface area contributed by atoms with Crippen LogP contribution in [-0.2, 0) is 9.53 Å². The van der Waals surface area contributed by atoms with Gasteiger partial charge < -0.3 is 9.64 Å². The first-order chi connectivity index (χ1) is 7.02. The van der Waals surface area contributed by atoms with Crippen molar-refractivity contribution >= 4 is 5.91 Å². The van der Waals surface area contributed by atoms with Crippen LogP contribution in [0.25, 0.3) is 0 Å². The Morgan fingerprint density at radius 2 is 1.67 bits per heavy atom. The van der Waals surface area contributed by atoms with Gasteiger partial charge in [-0.25, -0.2) is 0 Å². The summed E-state index contributed by atoms with van der Waals surface area (Å²) in [4.78, 5) is 14.1. The Hall–Kier alpha value is -0.570. The van der Waals surface area contributed by atoms with E-state index in [0.717, 1.165) is 13.1 Å². The van der Waals surface area contributed by atoms with E-state index in [0.29, 0.717) is 5.92 Å². The lowest BCUT2D eigenvalue weighted by atomic mass is 9.88. The van der Waals surface area contributed by atoms with Crippen molar-refractivity contribution in [3.05, 3.63) is 0 Å². The van der Waals surface area contributed by atoms with E-state index in [2.05, 4.69) is 13.8 Å². The predicted octanol–water partition coefficient (Wildman–Crippen LogP) is 1.91. The van der Waals surface area contributed by atoms with Gasteiger partial charge in [0.05, 0.1) is 18.1 Å². The molecule has 1 heterocycles. The van der Waals surface area contributed by atoms with Crippen molar-refractivity contribution in [1.82, 2.24) is 4.90 Å². The minimum Gasteiger partial charge on any atom is -0.374 e. The third kappa shape index (κ3) is 2.33. The average Bonchev–Trinajstić information content (AvgIpc) is 2.43. The van der Waals surface area contributed by atoms with Crippen molar-refractivity contribution in [2.45, 2.75) is 46.8 Å². The molecule has 0 bridgehead atoms. The van der Waals surface area contributed by atoms with Crippen LogP contribution in [-0.4, -0.2) is 36.1 Å². The zero-order valence-electron chi connectivity index (χ0n) is 10.5. The van der Waals surface area contributed by atoms with Crippen LogP contribution in [0.4, 0.5) is 0 Å². The van der Waals surface area contributed by atoms with Gasteiger partial charge in [-0.3, -0.25) is 4.79 Å². The minimum atomic E-state index is 0.0416. The van der Waals surface area contributed by atoms with Gasteiger partial charge >= 0.3 is 0 Å². The summed E-state index contributed by atoms with van der Waals surface area (Å²) >= 11 is 0. The first-order valence-corrected chi connectivity index (χ1v) is 5.97. The Labute approximate surface area is 92.8 Å². The first-order valence-electron chi connectivity index (χ1n) is 5.97. The van der Waals surface area contributed by atoms with Gasteiger partial charge in [0, 0.05) is 13.1 Å². The normalized spacial score (nSPS) is 35.5. The fourth-order valence-electron chi connectivity index (χ4n) is 2.44. The molecule has 1 aliphatic heterocycles. The van der Waals surface area contributed by atoms with Crippen molar-refractivity contribution in [3.63, 3.8) is 0 Å². The molecule has 1 amide bonds. The molecule has 0 N–H and O–H groups in total. The summed E-state index contributed by atoms with van der Waals surface area (Å²) in [5, 5.41) is 0. The topological polar surface area (TPSA) is 29.5 Å². The third-order valence-corrected chi connectivity index (χ3v) is 3.60. The lowest BCUT2D eigenvalue weighted by Gasteiger charge is -2.26.